The van der Waals surface area contributed by atoms with Crippen LogP contribution in [0.4, 0.5) is 0 Å². The zero-order chi connectivity index (χ0) is 67.8. The summed E-state index contributed by atoms with van der Waals surface area (Å²) in [5.74, 6) is -1.29. The highest BCUT2D eigenvalue weighted by molar-refractivity contribution is 5.79. The van der Waals surface area contributed by atoms with Gasteiger partial charge >= 0.3 is 5.97 Å². The fraction of sp³-hybridized carbons (Fsp3) is 0.952. The van der Waals surface area contributed by atoms with Crippen LogP contribution in [0, 0.1) is 50.2 Å². The molecule has 6 heterocycles. The molecule has 11 aliphatic rings. The smallest absolute Gasteiger partial charge is 0.315 e. The molecule has 11 rings (SSSR count). The highest BCUT2D eigenvalue weighted by Gasteiger charge is 2.72. The maximum atomic E-state index is 15.6. The number of allylic oxidation sites excluding steroid dienone is 2. The summed E-state index contributed by atoms with van der Waals surface area (Å²) in [6, 6.07) is 0. The van der Waals surface area contributed by atoms with Crippen LogP contribution in [-0.4, -0.2) is 304 Å². The molecule has 93 heavy (non-hydrogen) atoms. The van der Waals surface area contributed by atoms with E-state index in [4.69, 9.17) is 56.8 Å². The molecule has 30 heteroatoms. The fourth-order valence-corrected chi connectivity index (χ4v) is 18.7. The lowest BCUT2D eigenvalue weighted by molar-refractivity contribution is -0.387. The zero-order valence-corrected chi connectivity index (χ0v) is 53.9. The average molecular weight is 1340 g/mol. The van der Waals surface area contributed by atoms with Crippen molar-refractivity contribution < 1.29 is 148 Å². The van der Waals surface area contributed by atoms with Gasteiger partial charge in [-0.25, -0.2) is 0 Å². The Bertz CT molecular complexity index is 2640. The first-order valence-electron chi connectivity index (χ1n) is 33.0. The quantitative estimate of drug-likeness (QED) is 0.0418. The highest BCUT2D eigenvalue weighted by Crippen LogP contribution is 2.76. The molecule has 0 aromatic heterocycles. The van der Waals surface area contributed by atoms with Gasteiger partial charge in [0.25, 0.3) is 0 Å². The second-order valence-electron chi connectivity index (χ2n) is 30.7. The SMILES string of the molecule is C[C@@H]1O[C@@H](O[C@@H]2[C@@H](O)[C@H](O[C@@H]3[C@@H](O[C@@H]4OC[C@](O)(CO)[C@H]4O)[C@@H](O)[C@H](O[C@H]4[C@H](OC(=O)[C@]56CCC(C)(C)C[C@H]5C5=CC[C@@H]7[C@@]8(C)C[C@H](O)[C@H](O[C@@H]9O[C@H](CO)[C@@H](O)[C@H](O)[C@H]9O)[C@@](C)(CO)C8CC[C@@]7(C)[C@]5(C)CC6)OC[C@H](O)[C@@H]4O)O[C@H]3C)OC[C@H]2O)[C@H](O)[C@H](O)[C@H]1O. The van der Waals surface area contributed by atoms with Gasteiger partial charge in [0, 0.05) is 5.41 Å². The van der Waals surface area contributed by atoms with Crippen molar-refractivity contribution in [2.75, 3.05) is 39.6 Å². The predicted octanol–water partition coefficient (Wildman–Crippen LogP) is -4.47. The minimum Gasteiger partial charge on any atom is -0.432 e. The molecule has 0 aromatic rings. The van der Waals surface area contributed by atoms with E-state index in [0.29, 0.717) is 51.4 Å². The minimum absolute atomic E-state index is 0.0568. The van der Waals surface area contributed by atoms with Crippen LogP contribution in [0.1, 0.15) is 113 Å². The van der Waals surface area contributed by atoms with Gasteiger partial charge in [-0.2, -0.15) is 0 Å². The van der Waals surface area contributed by atoms with Crippen LogP contribution in [0.3, 0.4) is 0 Å². The summed E-state index contributed by atoms with van der Waals surface area (Å²) in [7, 11) is 0. The number of aliphatic hydroxyl groups is 17. The van der Waals surface area contributed by atoms with E-state index in [0.717, 1.165) is 5.57 Å². The van der Waals surface area contributed by atoms with E-state index in [-0.39, 0.29) is 29.6 Å². The molecule has 534 valence electrons. The van der Waals surface area contributed by atoms with Gasteiger partial charge in [-0.3, -0.25) is 4.79 Å². The monoisotopic (exact) mass is 1340 g/mol. The molecule has 0 spiro atoms. The van der Waals surface area contributed by atoms with Crippen LogP contribution in [-0.2, 0) is 61.6 Å². The normalized spacial score (nSPS) is 55.6. The molecular weight excluding hydrogens is 1240 g/mol. The van der Waals surface area contributed by atoms with E-state index in [1.165, 1.54) is 13.8 Å². The number of rotatable bonds is 15. The van der Waals surface area contributed by atoms with Gasteiger partial charge in [0.2, 0.25) is 6.29 Å². The average Bonchev–Trinajstić information content (AvgIpc) is 0.951. The summed E-state index contributed by atoms with van der Waals surface area (Å²) in [5, 5.41) is 187. The molecule has 0 amide bonds. The van der Waals surface area contributed by atoms with Gasteiger partial charge in [-0.15, -0.1) is 0 Å². The molecule has 5 aliphatic carbocycles. The molecule has 17 N–H and O–H groups in total. The Morgan fingerprint density at radius 3 is 1.80 bits per heavy atom. The van der Waals surface area contributed by atoms with Crippen LogP contribution < -0.4 is 0 Å². The molecule has 0 radical (unpaired) electrons. The number of hydrogen-bond donors (Lipinski definition) is 17. The summed E-state index contributed by atoms with van der Waals surface area (Å²) in [4.78, 5) is 15.6. The summed E-state index contributed by atoms with van der Waals surface area (Å²) >= 11 is 0. The molecule has 6 aliphatic heterocycles. The Balaban J connectivity index is 0.831. The number of aliphatic hydroxyl groups excluding tert-OH is 16. The predicted molar refractivity (Wildman–Crippen MR) is 310 cm³/mol. The standard InChI is InChI=1S/C63H102O30/c1-25-35(70)38(73)40(75)51(85-25)89-45-31(69)21-82-50(42(45)77)88-44-26(2)86-53(43(78)46(44)90-55-48(79)63(81,23-66)24-84-55)91-47-36(71)30(68)20-83-54(47)93-56(80)62-15-13-57(3,4)17-28(62)27-9-10-34-58(5)18-29(67)49(92-52-41(76)39(74)37(72)32(19-64)87-52)59(6,22-65)33(58)11-12-61(34,8)60(27,7)14-16-62/h9,25-26,28-55,64-79,81H,10-24H2,1-8H3/t25-,26-,28-,29-,30-,31+,32+,33?,34+,35-,36-,37+,38+,39-,40+,41+,42+,43+,44-,45-,46-,47+,48-,49-,50-,51-,52-,53-,54-,55-,58-,59-,60+,61+,62-,63+/m0/s1. The lowest BCUT2D eigenvalue weighted by atomic mass is 9.33. The van der Waals surface area contributed by atoms with Crippen LogP contribution in [0.25, 0.3) is 0 Å². The van der Waals surface area contributed by atoms with Crippen LogP contribution >= 0.6 is 0 Å². The van der Waals surface area contributed by atoms with Gasteiger partial charge in [0.05, 0.1) is 69.5 Å². The van der Waals surface area contributed by atoms with Gasteiger partial charge in [0.15, 0.2) is 37.6 Å². The van der Waals surface area contributed by atoms with E-state index < -0.39 is 244 Å². The van der Waals surface area contributed by atoms with E-state index in [1.807, 2.05) is 6.92 Å². The van der Waals surface area contributed by atoms with Crippen molar-refractivity contribution in [1.29, 1.82) is 0 Å². The second-order valence-corrected chi connectivity index (χ2v) is 30.7. The third-order valence-electron chi connectivity index (χ3n) is 24.6. The molecule has 36 atom stereocenters. The van der Waals surface area contributed by atoms with E-state index >= 15 is 4.79 Å². The molecule has 0 bridgehead atoms. The van der Waals surface area contributed by atoms with Crippen molar-refractivity contribution in [3.8, 4) is 0 Å². The number of fused-ring (bicyclic) bond motifs is 7. The minimum atomic E-state index is -2.22. The van der Waals surface area contributed by atoms with Crippen molar-refractivity contribution in [2.24, 2.45) is 50.2 Å². The topological polar surface area (TPSA) is 472 Å². The zero-order valence-electron chi connectivity index (χ0n) is 53.9. The van der Waals surface area contributed by atoms with Crippen molar-refractivity contribution in [1.82, 2.24) is 0 Å². The van der Waals surface area contributed by atoms with Gasteiger partial charge in [-0.1, -0.05) is 53.2 Å². The van der Waals surface area contributed by atoms with Gasteiger partial charge in [0.1, 0.15) is 103 Å². The molecule has 30 nitrogen and oxygen atoms in total. The fourth-order valence-electron chi connectivity index (χ4n) is 18.7. The van der Waals surface area contributed by atoms with Crippen molar-refractivity contribution in [3.05, 3.63) is 11.6 Å². The summed E-state index contributed by atoms with van der Waals surface area (Å²) in [5.41, 5.74) is -5.13. The lowest BCUT2D eigenvalue weighted by Crippen LogP contribution is -2.69. The molecular formula is C63H102O30. The highest BCUT2D eigenvalue weighted by atomic mass is 16.8. The van der Waals surface area contributed by atoms with E-state index in [1.54, 1.807) is 0 Å². The molecule has 0 aromatic carbocycles. The van der Waals surface area contributed by atoms with Gasteiger partial charge in [-0.05, 0) is 111 Å². The first-order chi connectivity index (χ1) is 43.6. The van der Waals surface area contributed by atoms with E-state index in [9.17, 15) is 86.8 Å². The Morgan fingerprint density at radius 2 is 1.13 bits per heavy atom. The third-order valence-corrected chi connectivity index (χ3v) is 24.6. The van der Waals surface area contributed by atoms with Crippen LogP contribution in [0.5, 0.6) is 0 Å². The number of carbonyl (C=O) groups excluding carboxylic acids is 1. The largest absolute Gasteiger partial charge is 0.432 e. The number of hydrogen-bond acceptors (Lipinski definition) is 30. The molecule has 4 saturated carbocycles. The molecule has 10 fully saturated rings. The Morgan fingerprint density at radius 1 is 0.538 bits per heavy atom. The van der Waals surface area contributed by atoms with Crippen molar-refractivity contribution in [3.63, 3.8) is 0 Å². The third kappa shape index (κ3) is 12.1. The van der Waals surface area contributed by atoms with Gasteiger partial charge < -0.3 is 144 Å². The first kappa shape index (κ1) is 72.3. The molecule has 1 unspecified atom stereocenters. The van der Waals surface area contributed by atoms with Crippen LogP contribution in [0.2, 0.25) is 0 Å². The Kier molecular flexibility index (Phi) is 20.7. The number of carbonyl (C=O) groups is 1. The number of esters is 1. The molecule has 6 saturated heterocycles. The summed E-state index contributed by atoms with van der Waals surface area (Å²) in [6.45, 7) is 12.0. The maximum Gasteiger partial charge on any atom is 0.315 e. The lowest BCUT2D eigenvalue weighted by Gasteiger charge is -2.72. The van der Waals surface area contributed by atoms with Crippen molar-refractivity contribution in [2.45, 2.75) is 285 Å². The first-order valence-corrected chi connectivity index (χ1v) is 33.0. The van der Waals surface area contributed by atoms with Crippen LogP contribution in [0.15, 0.2) is 11.6 Å². The maximum absolute atomic E-state index is 15.6. The Labute approximate surface area is 539 Å². The summed E-state index contributed by atoms with van der Waals surface area (Å²) in [6.07, 6.45) is -37.0. The summed E-state index contributed by atoms with van der Waals surface area (Å²) < 4.78 is 72.2. The number of ether oxygens (including phenoxy) is 12. The Hall–Kier alpha value is -1.91. The second kappa shape index (κ2) is 26.6. The van der Waals surface area contributed by atoms with Crippen molar-refractivity contribution >= 4 is 5.97 Å². The van der Waals surface area contributed by atoms with E-state index in [2.05, 4.69) is 40.7 Å².